The number of hydrogen-bond donors (Lipinski definition) is 2. The van der Waals surface area contributed by atoms with Gasteiger partial charge >= 0.3 is 0 Å². The molecule has 0 spiro atoms. The molecule has 3 aromatic rings. The molecule has 0 saturated carbocycles. The summed E-state index contributed by atoms with van der Waals surface area (Å²) in [6.07, 6.45) is 0. The molecule has 2 aromatic carbocycles. The summed E-state index contributed by atoms with van der Waals surface area (Å²) in [4.78, 5) is 27.6. The summed E-state index contributed by atoms with van der Waals surface area (Å²) in [5.74, 6) is 0.536. The average Bonchev–Trinajstić information content (AvgIpc) is 2.67. The minimum Gasteiger partial charge on any atom is -0.493 e. The molecular weight excluding hydrogens is 344 g/mol. The number of hydrogen-bond acceptors (Lipinski definition) is 4. The van der Waals surface area contributed by atoms with Crippen molar-refractivity contribution in [1.82, 2.24) is 4.98 Å². The summed E-state index contributed by atoms with van der Waals surface area (Å²) >= 11 is 0. The lowest BCUT2D eigenvalue weighted by molar-refractivity contribution is 0.102. The second-order valence-electron chi connectivity index (χ2n) is 6.01. The largest absolute Gasteiger partial charge is 0.493 e. The minimum atomic E-state index is -0.501. The summed E-state index contributed by atoms with van der Waals surface area (Å²) in [6, 6.07) is 16.0. The van der Waals surface area contributed by atoms with E-state index in [-0.39, 0.29) is 5.56 Å². The Hall–Kier alpha value is -3.54. The number of ether oxygens (including phenoxy) is 2. The molecule has 0 aliphatic carbocycles. The van der Waals surface area contributed by atoms with Gasteiger partial charge in [-0.25, -0.2) is 0 Å². The van der Waals surface area contributed by atoms with E-state index in [0.29, 0.717) is 22.9 Å². The molecule has 0 aliphatic rings. The number of methoxy groups -OCH3 is 2. The monoisotopic (exact) mass is 364 g/mol. The van der Waals surface area contributed by atoms with Crippen molar-refractivity contribution < 1.29 is 14.3 Å². The molecule has 27 heavy (non-hydrogen) atoms. The average molecular weight is 364 g/mol. The van der Waals surface area contributed by atoms with Crippen LogP contribution in [0.5, 0.6) is 11.5 Å². The van der Waals surface area contributed by atoms with Crippen LogP contribution in [0.4, 0.5) is 5.69 Å². The molecule has 138 valence electrons. The maximum atomic E-state index is 12.5. The molecule has 6 nitrogen and oxygen atoms in total. The highest BCUT2D eigenvalue weighted by Gasteiger charge is 2.13. The number of benzene rings is 2. The normalized spacial score (nSPS) is 10.3. The Morgan fingerprint density at radius 2 is 1.74 bits per heavy atom. The van der Waals surface area contributed by atoms with Crippen LogP contribution in [0.3, 0.4) is 0 Å². The lowest BCUT2D eigenvalue weighted by Crippen LogP contribution is -2.23. The van der Waals surface area contributed by atoms with Crippen molar-refractivity contribution in [2.24, 2.45) is 0 Å². The van der Waals surface area contributed by atoms with Crippen molar-refractivity contribution in [2.45, 2.75) is 6.92 Å². The summed E-state index contributed by atoms with van der Waals surface area (Å²) in [5.41, 5.74) is 2.71. The Kier molecular flexibility index (Phi) is 5.26. The molecular formula is C21H20N2O4. The Balaban J connectivity index is 1.84. The van der Waals surface area contributed by atoms with Gasteiger partial charge in [-0.2, -0.15) is 0 Å². The predicted molar refractivity (Wildman–Crippen MR) is 105 cm³/mol. The molecule has 1 amide bonds. The number of aryl methyl sites for hydroxylation is 1. The number of rotatable bonds is 5. The standard InChI is InChI=1S/C21H20N2O4/c1-13-5-4-6-14(11-13)17-9-8-16(21(25)23-17)20(24)22-15-7-10-18(26-2)19(12-15)27-3/h4-12H,1-3H3,(H,22,24)(H,23,25). The van der Waals surface area contributed by atoms with Crippen molar-refractivity contribution in [1.29, 1.82) is 0 Å². The maximum Gasteiger partial charge on any atom is 0.261 e. The van der Waals surface area contributed by atoms with Crippen LogP contribution in [-0.4, -0.2) is 25.1 Å². The Bertz CT molecular complexity index is 1040. The van der Waals surface area contributed by atoms with E-state index < -0.39 is 11.5 Å². The highest BCUT2D eigenvalue weighted by molar-refractivity contribution is 6.04. The molecule has 6 heteroatoms. The molecule has 1 aromatic heterocycles. The van der Waals surface area contributed by atoms with E-state index in [1.165, 1.54) is 20.3 Å². The minimum absolute atomic E-state index is 0.0289. The molecule has 0 unspecified atom stereocenters. The summed E-state index contributed by atoms with van der Waals surface area (Å²) in [7, 11) is 3.05. The van der Waals surface area contributed by atoms with E-state index in [0.717, 1.165) is 11.1 Å². The SMILES string of the molecule is COc1ccc(NC(=O)c2ccc(-c3cccc(C)c3)[nH]c2=O)cc1OC. The van der Waals surface area contributed by atoms with Crippen LogP contribution >= 0.6 is 0 Å². The second-order valence-corrected chi connectivity index (χ2v) is 6.01. The highest BCUT2D eigenvalue weighted by Crippen LogP contribution is 2.29. The molecule has 0 aliphatic heterocycles. The lowest BCUT2D eigenvalue weighted by Gasteiger charge is -2.10. The number of carbonyl (C=O) groups is 1. The van der Waals surface area contributed by atoms with Gasteiger partial charge in [0.1, 0.15) is 5.56 Å². The number of pyridine rings is 1. The summed E-state index contributed by atoms with van der Waals surface area (Å²) in [6.45, 7) is 1.98. The fourth-order valence-corrected chi connectivity index (χ4v) is 2.75. The summed E-state index contributed by atoms with van der Waals surface area (Å²) < 4.78 is 10.4. The van der Waals surface area contributed by atoms with Crippen LogP contribution in [-0.2, 0) is 0 Å². The van der Waals surface area contributed by atoms with Gasteiger partial charge in [-0.1, -0.05) is 23.8 Å². The van der Waals surface area contributed by atoms with Gasteiger partial charge in [-0.15, -0.1) is 0 Å². The Labute approximate surface area is 156 Å². The smallest absolute Gasteiger partial charge is 0.261 e. The van der Waals surface area contributed by atoms with Crippen molar-refractivity contribution in [3.8, 4) is 22.8 Å². The van der Waals surface area contributed by atoms with Gasteiger partial charge in [0.2, 0.25) is 0 Å². The maximum absolute atomic E-state index is 12.5. The number of carbonyl (C=O) groups excluding carboxylic acids is 1. The number of H-pyrrole nitrogens is 1. The number of nitrogens with one attached hydrogen (secondary N) is 2. The van der Waals surface area contributed by atoms with Crippen LogP contribution < -0.4 is 20.3 Å². The molecule has 2 N–H and O–H groups in total. The van der Waals surface area contributed by atoms with Crippen LogP contribution in [0.15, 0.2) is 59.4 Å². The third kappa shape index (κ3) is 4.00. The van der Waals surface area contributed by atoms with Crippen molar-refractivity contribution in [2.75, 3.05) is 19.5 Å². The highest BCUT2D eigenvalue weighted by atomic mass is 16.5. The zero-order chi connectivity index (χ0) is 19.4. The molecule has 0 fully saturated rings. The first kappa shape index (κ1) is 18.3. The number of amides is 1. The van der Waals surface area contributed by atoms with E-state index in [9.17, 15) is 9.59 Å². The first-order valence-corrected chi connectivity index (χ1v) is 8.35. The second kappa shape index (κ2) is 7.78. The van der Waals surface area contributed by atoms with Crippen LogP contribution in [0.25, 0.3) is 11.3 Å². The van der Waals surface area contributed by atoms with Crippen LogP contribution in [0, 0.1) is 6.92 Å². The van der Waals surface area contributed by atoms with Gasteiger partial charge in [0.15, 0.2) is 11.5 Å². The van der Waals surface area contributed by atoms with Crippen molar-refractivity contribution >= 4 is 11.6 Å². The molecule has 0 saturated heterocycles. The van der Waals surface area contributed by atoms with E-state index in [2.05, 4.69) is 10.3 Å². The van der Waals surface area contributed by atoms with E-state index in [1.807, 2.05) is 31.2 Å². The predicted octanol–water partition coefficient (Wildman–Crippen LogP) is 3.62. The fraction of sp³-hybridized carbons (Fsp3) is 0.143. The zero-order valence-corrected chi connectivity index (χ0v) is 15.3. The Morgan fingerprint density at radius 1 is 0.963 bits per heavy atom. The Morgan fingerprint density at radius 3 is 2.41 bits per heavy atom. The number of aromatic amines is 1. The third-order valence-electron chi connectivity index (χ3n) is 4.12. The van der Waals surface area contributed by atoms with Crippen LogP contribution in [0.1, 0.15) is 15.9 Å². The van der Waals surface area contributed by atoms with Gasteiger partial charge in [-0.3, -0.25) is 9.59 Å². The quantitative estimate of drug-likeness (QED) is 0.725. The molecule has 0 radical (unpaired) electrons. The number of aromatic nitrogens is 1. The third-order valence-corrected chi connectivity index (χ3v) is 4.12. The van der Waals surface area contributed by atoms with Gasteiger partial charge in [-0.05, 0) is 42.8 Å². The molecule has 0 bridgehead atoms. The van der Waals surface area contributed by atoms with Crippen molar-refractivity contribution in [3.05, 3.63) is 76.1 Å². The van der Waals surface area contributed by atoms with Crippen LogP contribution in [0.2, 0.25) is 0 Å². The molecule has 0 atom stereocenters. The fourth-order valence-electron chi connectivity index (χ4n) is 2.75. The van der Waals surface area contributed by atoms with Crippen molar-refractivity contribution in [3.63, 3.8) is 0 Å². The molecule has 3 rings (SSSR count). The lowest BCUT2D eigenvalue weighted by atomic mass is 10.1. The van der Waals surface area contributed by atoms with E-state index >= 15 is 0 Å². The van der Waals surface area contributed by atoms with Gasteiger partial charge in [0, 0.05) is 17.4 Å². The van der Waals surface area contributed by atoms with Gasteiger partial charge in [0.25, 0.3) is 11.5 Å². The first-order valence-electron chi connectivity index (χ1n) is 8.35. The first-order chi connectivity index (χ1) is 13.0. The van der Waals surface area contributed by atoms with E-state index in [4.69, 9.17) is 9.47 Å². The zero-order valence-electron chi connectivity index (χ0n) is 15.3. The molecule has 1 heterocycles. The van der Waals surface area contributed by atoms with Gasteiger partial charge in [0.05, 0.1) is 14.2 Å². The topological polar surface area (TPSA) is 80.4 Å². The van der Waals surface area contributed by atoms with Gasteiger partial charge < -0.3 is 19.8 Å². The summed E-state index contributed by atoms with van der Waals surface area (Å²) in [5, 5.41) is 2.70. The number of anilines is 1. The van der Waals surface area contributed by atoms with E-state index in [1.54, 1.807) is 24.3 Å².